The normalized spacial score (nSPS) is 18.0. The fraction of sp³-hybridized carbons (Fsp3) is 0.368. The number of benzene rings is 2. The van der Waals surface area contributed by atoms with Gasteiger partial charge in [0.15, 0.2) is 4.86 Å². The van der Waals surface area contributed by atoms with Crippen LogP contribution in [0.2, 0.25) is 0 Å². The zero-order valence-electron chi connectivity index (χ0n) is 13.6. The second-order valence-electron chi connectivity index (χ2n) is 6.60. The molecule has 0 aliphatic heterocycles. The summed E-state index contributed by atoms with van der Waals surface area (Å²) in [7, 11) is 0. The molecule has 1 aliphatic carbocycles. The van der Waals surface area contributed by atoms with Crippen LogP contribution in [-0.2, 0) is 12.8 Å². The van der Waals surface area contributed by atoms with E-state index in [0.717, 1.165) is 19.3 Å². The molecule has 0 spiro atoms. The third kappa shape index (κ3) is 3.21. The molecule has 4 heteroatoms. The molecular weight excluding hydrogens is 288 g/mol. The van der Waals surface area contributed by atoms with E-state index in [0.29, 0.717) is 22.4 Å². The molecule has 0 aromatic heterocycles. The van der Waals surface area contributed by atoms with Crippen molar-refractivity contribution in [3.63, 3.8) is 0 Å². The van der Waals surface area contributed by atoms with Crippen LogP contribution in [-0.4, -0.2) is 15.3 Å². The summed E-state index contributed by atoms with van der Waals surface area (Å²) in [4.78, 5) is 0.498. The first-order valence-electron chi connectivity index (χ1n) is 8.14. The zero-order chi connectivity index (χ0) is 16.4. The van der Waals surface area contributed by atoms with E-state index in [1.165, 1.54) is 22.3 Å². The Morgan fingerprint density at radius 2 is 1.96 bits per heavy atom. The Hall–Kier alpha value is -2.36. The topological polar surface area (TPSA) is 55.8 Å². The van der Waals surface area contributed by atoms with Crippen LogP contribution in [0.5, 0.6) is 0 Å². The lowest BCUT2D eigenvalue weighted by molar-refractivity contribution is -0.778. The van der Waals surface area contributed by atoms with Gasteiger partial charge in [-0.1, -0.05) is 44.2 Å². The minimum Gasteiger partial charge on any atom is -0.359 e. The van der Waals surface area contributed by atoms with Crippen LogP contribution >= 0.6 is 0 Å². The van der Waals surface area contributed by atoms with Crippen LogP contribution in [0.25, 0.3) is 0 Å². The molecule has 0 bridgehead atoms. The average molecular weight is 311 g/mol. The third-order valence-electron chi connectivity index (χ3n) is 4.78. The van der Waals surface area contributed by atoms with Gasteiger partial charge >= 0.3 is 0 Å². The molecule has 2 N–H and O–H groups in total. The minimum absolute atomic E-state index is 0.492. The van der Waals surface area contributed by atoms with Gasteiger partial charge in [-0.15, -0.1) is 0 Å². The molecule has 1 atom stereocenters. The van der Waals surface area contributed by atoms with E-state index in [1.54, 1.807) is 6.07 Å². The van der Waals surface area contributed by atoms with Crippen LogP contribution in [0.1, 0.15) is 54.4 Å². The number of aryl methyl sites for hydroxylation is 1. The van der Waals surface area contributed by atoms with E-state index in [2.05, 4.69) is 43.4 Å². The van der Waals surface area contributed by atoms with Crippen molar-refractivity contribution in [2.75, 3.05) is 0 Å². The van der Waals surface area contributed by atoms with E-state index in [9.17, 15) is 5.21 Å². The Balaban J connectivity index is 1.84. The first kappa shape index (κ1) is 15.5. The van der Waals surface area contributed by atoms with Gasteiger partial charge in [0.25, 0.3) is 5.69 Å². The van der Waals surface area contributed by atoms with Crippen LogP contribution in [0.4, 0.5) is 5.69 Å². The lowest BCUT2D eigenvalue weighted by Gasteiger charge is -2.25. The van der Waals surface area contributed by atoms with E-state index in [-0.39, 0.29) is 0 Å². The molecule has 2 aromatic carbocycles. The monoisotopic (exact) mass is 311 g/mol. The summed E-state index contributed by atoms with van der Waals surface area (Å²) < 4.78 is 0. The number of hydrogen-bond donors (Lipinski definition) is 2. The summed E-state index contributed by atoms with van der Waals surface area (Å²) in [5.41, 5.74) is 5.84. The molecule has 0 saturated heterocycles. The summed E-state index contributed by atoms with van der Waals surface area (Å²) in [5, 5.41) is 20.9. The maximum atomic E-state index is 9.46. The van der Waals surface area contributed by atoms with Crippen molar-refractivity contribution in [2.24, 2.45) is 5.28 Å². The van der Waals surface area contributed by atoms with Gasteiger partial charge in [0, 0.05) is 12.1 Å². The van der Waals surface area contributed by atoms with Gasteiger partial charge < -0.3 is 5.21 Å². The molecule has 1 unspecified atom stereocenters. The highest BCUT2D eigenvalue weighted by molar-refractivity contribution is 5.42. The molecule has 0 amide bonds. The Morgan fingerprint density at radius 1 is 1.13 bits per heavy atom. The lowest BCUT2D eigenvalue weighted by atomic mass is 9.79. The number of rotatable bonds is 3. The van der Waals surface area contributed by atoms with Crippen molar-refractivity contribution in [3.05, 3.63) is 64.7 Å². The second-order valence-corrected chi connectivity index (χ2v) is 6.60. The minimum atomic E-state index is 0.492. The zero-order valence-corrected chi connectivity index (χ0v) is 13.6. The SMILES string of the molecule is CC(C)c1cccc(C2CCc3cc([N+](O)=NO)ccc3C2)c1. The Kier molecular flexibility index (Phi) is 4.33. The van der Waals surface area contributed by atoms with E-state index >= 15 is 0 Å². The van der Waals surface area contributed by atoms with Crippen LogP contribution in [0.3, 0.4) is 0 Å². The molecular formula is C19H23N2O2+. The van der Waals surface area contributed by atoms with E-state index in [4.69, 9.17) is 5.21 Å². The Bertz CT molecular complexity index is 738. The van der Waals surface area contributed by atoms with Gasteiger partial charge in [0.1, 0.15) is 0 Å². The molecule has 0 heterocycles. The van der Waals surface area contributed by atoms with Crippen LogP contribution < -0.4 is 0 Å². The second kappa shape index (κ2) is 6.41. The molecule has 120 valence electrons. The smallest absolute Gasteiger partial charge is 0.293 e. The first-order chi connectivity index (χ1) is 11.1. The van der Waals surface area contributed by atoms with Crippen molar-refractivity contribution in [2.45, 2.75) is 44.9 Å². The van der Waals surface area contributed by atoms with Gasteiger partial charge in [-0.3, -0.25) is 5.21 Å². The van der Waals surface area contributed by atoms with E-state index < -0.39 is 0 Å². The highest BCUT2D eigenvalue weighted by Gasteiger charge is 2.23. The fourth-order valence-electron chi connectivity index (χ4n) is 3.37. The van der Waals surface area contributed by atoms with Gasteiger partial charge in [-0.2, -0.15) is 0 Å². The fourth-order valence-corrected chi connectivity index (χ4v) is 3.37. The van der Waals surface area contributed by atoms with Crippen molar-refractivity contribution in [1.82, 2.24) is 0 Å². The maximum absolute atomic E-state index is 9.46. The molecule has 3 rings (SSSR count). The van der Waals surface area contributed by atoms with Crippen LogP contribution in [0, 0.1) is 0 Å². The summed E-state index contributed by atoms with van der Waals surface area (Å²) in [5.74, 6) is 1.09. The quantitative estimate of drug-likeness (QED) is 0.478. The first-order valence-corrected chi connectivity index (χ1v) is 8.14. The summed E-state index contributed by atoms with van der Waals surface area (Å²) in [6.07, 6.45) is 3.08. The molecule has 4 nitrogen and oxygen atoms in total. The molecule has 1 aliphatic rings. The largest absolute Gasteiger partial charge is 0.359 e. The maximum Gasteiger partial charge on any atom is 0.293 e. The predicted molar refractivity (Wildman–Crippen MR) is 87.7 cm³/mol. The lowest BCUT2D eigenvalue weighted by Crippen LogP contribution is -2.13. The number of nitrogens with zero attached hydrogens (tertiary/aromatic N) is 2. The predicted octanol–water partition coefficient (Wildman–Crippen LogP) is 4.96. The standard InChI is InChI=1S/C19H22N2O2/c1-13(2)14-4-3-5-15(10-14)16-6-7-18-12-19(21(23)20-22)9-8-17(18)11-16/h3-5,8-10,12-13,16,23H,6-7,11H2,1-2H3/p+1. The van der Waals surface area contributed by atoms with Crippen molar-refractivity contribution in [1.29, 1.82) is 0 Å². The van der Waals surface area contributed by atoms with Crippen molar-refractivity contribution < 1.29 is 15.3 Å². The molecule has 0 radical (unpaired) electrons. The van der Waals surface area contributed by atoms with Gasteiger partial charge in [-0.05, 0) is 53.4 Å². The van der Waals surface area contributed by atoms with E-state index in [1.807, 2.05) is 12.1 Å². The highest BCUT2D eigenvalue weighted by atomic mass is 16.6. The van der Waals surface area contributed by atoms with Gasteiger partial charge in [0.05, 0.1) is 0 Å². The van der Waals surface area contributed by atoms with Gasteiger partial charge in [-0.25, -0.2) is 0 Å². The van der Waals surface area contributed by atoms with Gasteiger partial charge in [0.2, 0.25) is 5.28 Å². The molecule has 23 heavy (non-hydrogen) atoms. The third-order valence-corrected chi connectivity index (χ3v) is 4.78. The Morgan fingerprint density at radius 3 is 2.70 bits per heavy atom. The number of hydrogen-bond acceptors (Lipinski definition) is 1. The Labute approximate surface area is 136 Å². The van der Waals surface area contributed by atoms with Crippen molar-refractivity contribution in [3.8, 4) is 0 Å². The van der Waals surface area contributed by atoms with Crippen LogP contribution in [0.15, 0.2) is 47.7 Å². The molecule has 0 fully saturated rings. The summed E-state index contributed by atoms with van der Waals surface area (Å²) in [6.45, 7) is 4.45. The highest BCUT2D eigenvalue weighted by Crippen LogP contribution is 2.35. The average Bonchev–Trinajstić information content (AvgIpc) is 2.60. The number of fused-ring (bicyclic) bond motifs is 1. The summed E-state index contributed by atoms with van der Waals surface area (Å²) >= 11 is 0. The molecule has 2 aromatic rings. The van der Waals surface area contributed by atoms with Crippen molar-refractivity contribution >= 4 is 5.69 Å². The molecule has 0 saturated carbocycles. The summed E-state index contributed by atoms with van der Waals surface area (Å²) in [6, 6.07) is 14.6.